The van der Waals surface area contributed by atoms with E-state index in [0.717, 1.165) is 25.9 Å². The largest absolute Gasteiger partial charge is 0.482 e. The molecule has 1 rings (SSSR count). The third kappa shape index (κ3) is 8.58. The van der Waals surface area contributed by atoms with Crippen molar-refractivity contribution in [2.45, 2.75) is 39.2 Å². The van der Waals surface area contributed by atoms with E-state index >= 15 is 0 Å². The molecule has 1 fully saturated rings. The van der Waals surface area contributed by atoms with Crippen LogP contribution in [0.2, 0.25) is 0 Å². The van der Waals surface area contributed by atoms with Crippen molar-refractivity contribution in [3.63, 3.8) is 0 Å². The number of thioether (sulfide) groups is 1. The second kappa shape index (κ2) is 8.58. The van der Waals surface area contributed by atoms with Crippen LogP contribution < -0.4 is 0 Å². The SMILES string of the molecule is CC(C)(C)OC(=O)N1CCCC1.COC(=S)SC. The van der Waals surface area contributed by atoms with Crippen LogP contribution in [0.5, 0.6) is 0 Å². The van der Waals surface area contributed by atoms with Gasteiger partial charge < -0.3 is 14.4 Å². The predicted octanol–water partition coefficient (Wildman–Crippen LogP) is 3.30. The van der Waals surface area contributed by atoms with Crippen molar-refractivity contribution < 1.29 is 14.3 Å². The number of rotatable bonds is 0. The summed E-state index contributed by atoms with van der Waals surface area (Å²) in [6, 6.07) is 0. The Labute approximate surface area is 119 Å². The lowest BCUT2D eigenvalue weighted by Crippen LogP contribution is -2.34. The van der Waals surface area contributed by atoms with Gasteiger partial charge in [0.05, 0.1) is 7.11 Å². The molecule has 4 nitrogen and oxygen atoms in total. The van der Waals surface area contributed by atoms with Crippen LogP contribution in [0.4, 0.5) is 4.79 Å². The molecule has 18 heavy (non-hydrogen) atoms. The van der Waals surface area contributed by atoms with Crippen molar-refractivity contribution in [2.75, 3.05) is 26.5 Å². The van der Waals surface area contributed by atoms with Crippen LogP contribution in [0.1, 0.15) is 33.6 Å². The van der Waals surface area contributed by atoms with E-state index in [0.29, 0.717) is 4.38 Å². The Morgan fingerprint density at radius 2 is 1.78 bits per heavy atom. The second-order valence-corrected chi connectivity index (χ2v) is 6.24. The van der Waals surface area contributed by atoms with Gasteiger partial charge in [-0.05, 0) is 52.1 Å². The molecule has 0 N–H and O–H groups in total. The average Bonchev–Trinajstić information content (AvgIpc) is 2.80. The van der Waals surface area contributed by atoms with Gasteiger partial charge in [-0.3, -0.25) is 0 Å². The van der Waals surface area contributed by atoms with Gasteiger partial charge in [-0.25, -0.2) is 4.79 Å². The van der Waals surface area contributed by atoms with E-state index in [4.69, 9.17) is 4.74 Å². The molecule has 1 saturated heterocycles. The number of carbonyl (C=O) groups excluding carboxylic acids is 1. The van der Waals surface area contributed by atoms with Gasteiger partial charge in [-0.2, -0.15) is 0 Å². The number of amides is 1. The fourth-order valence-corrected chi connectivity index (χ4v) is 1.48. The molecule has 0 aromatic heterocycles. The molecule has 1 aliphatic heterocycles. The predicted molar refractivity (Wildman–Crippen MR) is 80.2 cm³/mol. The number of thiocarbonyl (C=S) groups is 1. The smallest absolute Gasteiger partial charge is 0.410 e. The highest BCUT2D eigenvalue weighted by Gasteiger charge is 2.23. The lowest BCUT2D eigenvalue weighted by molar-refractivity contribution is 0.0295. The summed E-state index contributed by atoms with van der Waals surface area (Å²) >= 11 is 6.03. The minimum Gasteiger partial charge on any atom is -0.482 e. The van der Waals surface area contributed by atoms with Crippen LogP contribution in [0, 0.1) is 0 Å². The van der Waals surface area contributed by atoms with Crippen molar-refractivity contribution in [1.29, 1.82) is 0 Å². The molecule has 6 heteroatoms. The van der Waals surface area contributed by atoms with Gasteiger partial charge in [-0.15, -0.1) is 0 Å². The molecule has 0 spiro atoms. The number of ether oxygens (including phenoxy) is 2. The maximum Gasteiger partial charge on any atom is 0.410 e. The van der Waals surface area contributed by atoms with E-state index in [9.17, 15) is 4.79 Å². The molecule has 0 unspecified atom stereocenters. The van der Waals surface area contributed by atoms with Crippen LogP contribution in [-0.4, -0.2) is 47.4 Å². The number of carbonyl (C=O) groups is 1. The molecule has 1 heterocycles. The van der Waals surface area contributed by atoms with E-state index in [1.807, 2.05) is 27.0 Å². The van der Waals surface area contributed by atoms with Crippen LogP contribution in [0.15, 0.2) is 0 Å². The van der Waals surface area contributed by atoms with Crippen LogP contribution in [-0.2, 0) is 9.47 Å². The Morgan fingerprint density at radius 3 is 2.06 bits per heavy atom. The molecule has 0 bridgehead atoms. The number of hydrogen-bond acceptors (Lipinski definition) is 5. The quantitative estimate of drug-likeness (QED) is 0.641. The first kappa shape index (κ1) is 17.5. The monoisotopic (exact) mass is 293 g/mol. The van der Waals surface area contributed by atoms with E-state index in [-0.39, 0.29) is 11.7 Å². The molecule has 1 aliphatic rings. The fourth-order valence-electron chi connectivity index (χ4n) is 1.31. The highest BCUT2D eigenvalue weighted by molar-refractivity contribution is 8.22. The average molecular weight is 293 g/mol. The molecule has 106 valence electrons. The summed E-state index contributed by atoms with van der Waals surface area (Å²) in [5, 5.41) is 0. The summed E-state index contributed by atoms with van der Waals surface area (Å²) < 4.78 is 10.4. The normalized spacial score (nSPS) is 14.6. The van der Waals surface area contributed by atoms with Gasteiger partial charge in [0, 0.05) is 13.1 Å². The Morgan fingerprint density at radius 1 is 1.28 bits per heavy atom. The van der Waals surface area contributed by atoms with E-state index in [2.05, 4.69) is 17.0 Å². The highest BCUT2D eigenvalue weighted by Crippen LogP contribution is 2.14. The van der Waals surface area contributed by atoms with Gasteiger partial charge in [-0.1, -0.05) is 11.8 Å². The lowest BCUT2D eigenvalue weighted by Gasteiger charge is -2.23. The molecule has 0 aliphatic carbocycles. The summed E-state index contributed by atoms with van der Waals surface area (Å²) in [5.41, 5.74) is -0.361. The van der Waals surface area contributed by atoms with Gasteiger partial charge >= 0.3 is 6.09 Å². The molecule has 0 aromatic carbocycles. The third-order valence-corrected chi connectivity index (χ3v) is 3.26. The van der Waals surface area contributed by atoms with Crippen molar-refractivity contribution in [2.24, 2.45) is 0 Å². The number of hydrogen-bond donors (Lipinski definition) is 0. The molecular weight excluding hydrogens is 270 g/mol. The van der Waals surface area contributed by atoms with Crippen LogP contribution in [0.3, 0.4) is 0 Å². The maximum absolute atomic E-state index is 11.4. The van der Waals surface area contributed by atoms with Gasteiger partial charge in [0.1, 0.15) is 5.60 Å². The summed E-state index contributed by atoms with van der Waals surface area (Å²) in [5.74, 6) is 0. The fraction of sp³-hybridized carbons (Fsp3) is 0.833. The summed E-state index contributed by atoms with van der Waals surface area (Å²) in [4.78, 5) is 13.1. The molecule has 0 aromatic rings. The Balaban J connectivity index is 0.000000411. The summed E-state index contributed by atoms with van der Waals surface area (Å²) in [7, 11) is 1.57. The zero-order valence-electron chi connectivity index (χ0n) is 11.8. The molecular formula is C12H23NO3S2. The zero-order chi connectivity index (χ0) is 14.2. The first-order chi connectivity index (χ1) is 8.30. The highest BCUT2D eigenvalue weighted by atomic mass is 32.2. The topological polar surface area (TPSA) is 38.8 Å². The second-order valence-electron chi connectivity index (χ2n) is 4.83. The molecule has 0 radical (unpaired) electrons. The number of likely N-dealkylation sites (tertiary alicyclic amines) is 1. The Bertz CT molecular complexity index is 265. The van der Waals surface area contributed by atoms with Gasteiger partial charge in [0.2, 0.25) is 4.38 Å². The van der Waals surface area contributed by atoms with Crippen molar-refractivity contribution in [3.05, 3.63) is 0 Å². The van der Waals surface area contributed by atoms with Gasteiger partial charge in [0.25, 0.3) is 0 Å². The zero-order valence-corrected chi connectivity index (χ0v) is 13.4. The van der Waals surface area contributed by atoms with Gasteiger partial charge in [0.15, 0.2) is 0 Å². The number of methoxy groups -OCH3 is 1. The summed E-state index contributed by atoms with van der Waals surface area (Å²) in [6.45, 7) is 7.38. The lowest BCUT2D eigenvalue weighted by atomic mass is 10.2. The van der Waals surface area contributed by atoms with Crippen molar-refractivity contribution >= 4 is 34.5 Å². The molecule has 0 atom stereocenters. The van der Waals surface area contributed by atoms with Crippen molar-refractivity contribution in [3.8, 4) is 0 Å². The standard InChI is InChI=1S/C9H17NO2.C3H6OS2/c1-9(2,3)12-8(11)10-6-4-5-7-10;1-4-3(5)6-2/h4-7H2,1-3H3;1-2H3. The number of nitrogens with zero attached hydrogens (tertiary/aromatic N) is 1. The maximum atomic E-state index is 11.4. The van der Waals surface area contributed by atoms with Crippen LogP contribution >= 0.6 is 24.0 Å². The Hall–Kier alpha value is -0.490. The molecule has 0 saturated carbocycles. The van der Waals surface area contributed by atoms with Crippen molar-refractivity contribution in [1.82, 2.24) is 4.90 Å². The third-order valence-electron chi connectivity index (χ3n) is 2.09. The first-order valence-corrected chi connectivity index (χ1v) is 7.53. The van der Waals surface area contributed by atoms with E-state index in [1.54, 1.807) is 12.0 Å². The minimum absolute atomic E-state index is 0.167. The van der Waals surface area contributed by atoms with E-state index in [1.165, 1.54) is 11.8 Å². The first-order valence-electron chi connectivity index (χ1n) is 5.90. The Kier molecular flexibility index (Phi) is 8.35. The van der Waals surface area contributed by atoms with E-state index < -0.39 is 0 Å². The molecule has 1 amide bonds. The minimum atomic E-state index is -0.361. The van der Waals surface area contributed by atoms with Crippen LogP contribution in [0.25, 0.3) is 0 Å². The summed E-state index contributed by atoms with van der Waals surface area (Å²) in [6.07, 6.45) is 3.93.